The lowest BCUT2D eigenvalue weighted by molar-refractivity contribution is 0.261. The zero-order chi connectivity index (χ0) is 13.3. The summed E-state index contributed by atoms with van der Waals surface area (Å²) in [6.45, 7) is 0.869. The largest absolute Gasteiger partial charge is 0.350 e. The first kappa shape index (κ1) is 16.6. The van der Waals surface area contributed by atoms with Gasteiger partial charge in [0, 0.05) is 32.1 Å². The Balaban J connectivity index is 4.04. The first-order valence-electron chi connectivity index (χ1n) is 5.33. The van der Waals surface area contributed by atoms with Crippen LogP contribution in [0.2, 0.25) is 0 Å². The number of hydrogen-bond donors (Lipinski definition) is 2. The van der Waals surface area contributed by atoms with Crippen LogP contribution in [0.1, 0.15) is 0 Å². The van der Waals surface area contributed by atoms with E-state index in [-0.39, 0.29) is 10.5 Å². The number of nitrogens with zero attached hydrogens (tertiary/aromatic N) is 1. The van der Waals surface area contributed by atoms with Crippen molar-refractivity contribution in [1.29, 1.82) is 0 Å². The summed E-state index contributed by atoms with van der Waals surface area (Å²) in [6, 6.07) is 0. The highest BCUT2D eigenvalue weighted by Crippen LogP contribution is 2.16. The number of carbonyl (C=O) groups excluding carboxylic acids is 2. The zero-order valence-electron chi connectivity index (χ0n) is 10.8. The van der Waals surface area contributed by atoms with E-state index in [0.717, 1.165) is 18.1 Å². The van der Waals surface area contributed by atoms with Gasteiger partial charge in [-0.05, 0) is 20.0 Å². The van der Waals surface area contributed by atoms with Gasteiger partial charge in [-0.15, -0.1) is 0 Å². The van der Waals surface area contributed by atoms with Crippen LogP contribution in [0.5, 0.6) is 0 Å². The van der Waals surface area contributed by atoms with E-state index in [9.17, 15) is 9.59 Å². The van der Waals surface area contributed by atoms with Crippen molar-refractivity contribution < 1.29 is 9.59 Å². The van der Waals surface area contributed by atoms with E-state index in [1.54, 1.807) is 14.1 Å². The minimum Gasteiger partial charge on any atom is -0.350 e. The number of amides is 2. The summed E-state index contributed by atoms with van der Waals surface area (Å²) in [6.07, 6.45) is 0. The van der Waals surface area contributed by atoms with Gasteiger partial charge in [0.05, 0.1) is 0 Å². The second-order valence-electron chi connectivity index (χ2n) is 3.83. The predicted molar refractivity (Wildman–Crippen MR) is 75.9 cm³/mol. The number of carbonyl (C=O) groups is 2. The molecule has 0 aromatic heterocycles. The van der Waals surface area contributed by atoms with E-state index < -0.39 is 0 Å². The smallest absolute Gasteiger partial charge is 0.278 e. The summed E-state index contributed by atoms with van der Waals surface area (Å²) >= 11 is 2.53. The third-order valence-corrected chi connectivity index (χ3v) is 4.14. The van der Waals surface area contributed by atoms with Crippen molar-refractivity contribution in [3.63, 3.8) is 0 Å². The van der Waals surface area contributed by atoms with Gasteiger partial charge >= 0.3 is 0 Å². The van der Waals surface area contributed by atoms with Crippen molar-refractivity contribution in [3.8, 4) is 0 Å². The molecule has 0 aromatic carbocycles. The highest BCUT2D eigenvalue weighted by atomic mass is 32.2. The standard InChI is InChI=1S/C10H21N3O2S2/c1-11-9(14)16-6-8(5-13(3)4)7-17-10(15)12-2/h8H,5-7H2,1-4H3,(H,11,14)(H,12,15). The van der Waals surface area contributed by atoms with Crippen molar-refractivity contribution in [2.75, 3.05) is 46.2 Å². The molecular weight excluding hydrogens is 258 g/mol. The Morgan fingerprint density at radius 3 is 1.76 bits per heavy atom. The molecule has 0 bridgehead atoms. The molecule has 2 amide bonds. The third kappa shape index (κ3) is 9.31. The lowest BCUT2D eigenvalue weighted by atomic mass is 10.2. The van der Waals surface area contributed by atoms with Crippen LogP contribution in [0.25, 0.3) is 0 Å². The lowest BCUT2D eigenvalue weighted by Gasteiger charge is -2.19. The fourth-order valence-electron chi connectivity index (χ4n) is 1.20. The topological polar surface area (TPSA) is 61.4 Å². The minimum atomic E-state index is -0.0290. The Morgan fingerprint density at radius 1 is 1.06 bits per heavy atom. The predicted octanol–water partition coefficient (Wildman–Crippen LogP) is 1.31. The van der Waals surface area contributed by atoms with Crippen molar-refractivity contribution in [2.45, 2.75) is 0 Å². The Morgan fingerprint density at radius 2 is 1.47 bits per heavy atom. The van der Waals surface area contributed by atoms with Crippen molar-refractivity contribution >= 4 is 34.0 Å². The molecule has 2 N–H and O–H groups in total. The third-order valence-electron chi connectivity index (χ3n) is 1.93. The van der Waals surface area contributed by atoms with Gasteiger partial charge in [-0.1, -0.05) is 23.5 Å². The lowest BCUT2D eigenvalue weighted by Crippen LogP contribution is -2.27. The van der Waals surface area contributed by atoms with E-state index in [0.29, 0.717) is 5.92 Å². The van der Waals surface area contributed by atoms with Crippen LogP contribution in [0, 0.1) is 5.92 Å². The van der Waals surface area contributed by atoms with Gasteiger partial charge in [0.1, 0.15) is 0 Å². The van der Waals surface area contributed by atoms with Crippen LogP contribution >= 0.6 is 23.5 Å². The quantitative estimate of drug-likeness (QED) is 0.767. The van der Waals surface area contributed by atoms with Gasteiger partial charge in [-0.3, -0.25) is 9.59 Å². The van der Waals surface area contributed by atoms with E-state index in [1.807, 2.05) is 14.1 Å². The summed E-state index contributed by atoms with van der Waals surface area (Å²) in [7, 11) is 7.22. The molecule has 100 valence electrons. The molecule has 0 aliphatic rings. The van der Waals surface area contributed by atoms with Crippen LogP contribution in [0.3, 0.4) is 0 Å². The molecule has 0 rings (SSSR count). The molecule has 5 nitrogen and oxygen atoms in total. The maximum atomic E-state index is 11.1. The van der Waals surface area contributed by atoms with Crippen LogP contribution in [0.15, 0.2) is 0 Å². The second kappa shape index (κ2) is 9.61. The molecule has 17 heavy (non-hydrogen) atoms. The molecule has 0 aliphatic carbocycles. The normalized spacial score (nSPS) is 10.7. The monoisotopic (exact) mass is 279 g/mol. The van der Waals surface area contributed by atoms with Gasteiger partial charge in [-0.2, -0.15) is 0 Å². The van der Waals surface area contributed by atoms with E-state index >= 15 is 0 Å². The summed E-state index contributed by atoms with van der Waals surface area (Å²) in [5.74, 6) is 1.76. The highest BCUT2D eigenvalue weighted by Gasteiger charge is 2.14. The highest BCUT2D eigenvalue weighted by molar-refractivity contribution is 8.14. The Hall–Kier alpha value is -0.400. The first-order chi connectivity index (χ1) is 7.99. The number of nitrogens with one attached hydrogen (secondary N) is 2. The summed E-state index contributed by atoms with van der Waals surface area (Å²) in [4.78, 5) is 24.4. The maximum Gasteiger partial charge on any atom is 0.278 e. The maximum absolute atomic E-state index is 11.1. The molecule has 0 heterocycles. The molecule has 0 radical (unpaired) electrons. The van der Waals surface area contributed by atoms with Crippen LogP contribution in [-0.4, -0.2) is 61.6 Å². The molecule has 0 spiro atoms. The fourth-order valence-corrected chi connectivity index (χ4v) is 2.86. The van der Waals surface area contributed by atoms with Gasteiger partial charge in [-0.25, -0.2) is 0 Å². The number of thioether (sulfide) groups is 2. The number of rotatable bonds is 6. The molecule has 0 saturated carbocycles. The number of hydrogen-bond acceptors (Lipinski definition) is 5. The molecule has 0 aromatic rings. The Kier molecular flexibility index (Phi) is 9.39. The molecule has 7 heteroatoms. The average Bonchev–Trinajstić information content (AvgIpc) is 2.30. The SMILES string of the molecule is CNC(=O)SCC(CSC(=O)NC)CN(C)C. The van der Waals surface area contributed by atoms with E-state index in [1.165, 1.54) is 23.5 Å². The molecule has 0 atom stereocenters. The summed E-state index contributed by atoms with van der Waals surface area (Å²) in [5.41, 5.74) is 0. The van der Waals surface area contributed by atoms with Crippen molar-refractivity contribution in [1.82, 2.24) is 15.5 Å². The van der Waals surface area contributed by atoms with Crippen molar-refractivity contribution in [3.05, 3.63) is 0 Å². The second-order valence-corrected chi connectivity index (χ2v) is 5.81. The molecular formula is C10H21N3O2S2. The van der Waals surface area contributed by atoms with Crippen LogP contribution < -0.4 is 10.6 Å². The molecule has 0 aliphatic heterocycles. The summed E-state index contributed by atoms with van der Waals surface area (Å²) < 4.78 is 0. The van der Waals surface area contributed by atoms with Gasteiger partial charge in [0.25, 0.3) is 10.5 Å². The first-order valence-corrected chi connectivity index (χ1v) is 7.30. The molecule has 0 unspecified atom stereocenters. The van der Waals surface area contributed by atoms with Crippen LogP contribution in [0.4, 0.5) is 9.59 Å². The Bertz CT molecular complexity index is 230. The minimum absolute atomic E-state index is 0.0290. The van der Waals surface area contributed by atoms with Gasteiger partial charge in [0.15, 0.2) is 0 Å². The van der Waals surface area contributed by atoms with Crippen LogP contribution in [-0.2, 0) is 0 Å². The molecule has 0 saturated heterocycles. The Labute approximate surface area is 111 Å². The van der Waals surface area contributed by atoms with Gasteiger partial charge in [0.2, 0.25) is 0 Å². The zero-order valence-corrected chi connectivity index (χ0v) is 12.4. The van der Waals surface area contributed by atoms with Gasteiger partial charge < -0.3 is 15.5 Å². The molecule has 0 fully saturated rings. The van der Waals surface area contributed by atoms with E-state index in [2.05, 4.69) is 15.5 Å². The fraction of sp³-hybridized carbons (Fsp3) is 0.800. The van der Waals surface area contributed by atoms with Crippen molar-refractivity contribution in [2.24, 2.45) is 5.92 Å². The average molecular weight is 279 g/mol. The summed E-state index contributed by atoms with van der Waals surface area (Å²) in [5, 5.41) is 5.09. The van der Waals surface area contributed by atoms with E-state index in [4.69, 9.17) is 0 Å².